The first-order valence-corrected chi connectivity index (χ1v) is 5.09. The van der Waals surface area contributed by atoms with Gasteiger partial charge in [0.05, 0.1) is 6.42 Å². The molecule has 4 nitrogen and oxygen atoms in total. The summed E-state index contributed by atoms with van der Waals surface area (Å²) in [6.07, 6.45) is -5.50. The number of phenols is 1. The molecular weight excluding hydrogens is 249 g/mol. The molecule has 1 aromatic heterocycles. The van der Waals surface area contributed by atoms with Gasteiger partial charge in [-0.1, -0.05) is 23.4 Å². The molecule has 0 amide bonds. The van der Waals surface area contributed by atoms with Gasteiger partial charge in [-0.2, -0.15) is 18.2 Å². The predicted octanol–water partition coefficient (Wildman–Crippen LogP) is 2.47. The lowest BCUT2D eigenvalue weighted by molar-refractivity contribution is -0.128. The van der Waals surface area contributed by atoms with E-state index in [1.807, 2.05) is 0 Å². The summed E-state index contributed by atoms with van der Waals surface area (Å²) >= 11 is 0. The summed E-state index contributed by atoms with van der Waals surface area (Å²) in [5, 5.41) is 12.7. The number of para-hydroxylation sites is 1. The highest BCUT2D eigenvalue weighted by atomic mass is 19.4. The molecule has 0 saturated heterocycles. The minimum atomic E-state index is -4.37. The zero-order chi connectivity index (χ0) is 13.2. The third-order valence-electron chi connectivity index (χ3n) is 2.20. The maximum Gasteiger partial charge on any atom is 0.396 e. The lowest BCUT2D eigenvalue weighted by Crippen LogP contribution is -2.12. The van der Waals surface area contributed by atoms with E-state index in [1.165, 1.54) is 6.07 Å². The van der Waals surface area contributed by atoms with Crippen LogP contribution in [0, 0.1) is 0 Å². The first kappa shape index (κ1) is 12.4. The summed E-state index contributed by atoms with van der Waals surface area (Å²) in [5.74, 6) is -0.336. The second-order valence-electron chi connectivity index (χ2n) is 3.70. The van der Waals surface area contributed by atoms with Crippen molar-refractivity contribution in [1.82, 2.24) is 10.1 Å². The molecule has 1 heterocycles. The Kier molecular flexibility index (Phi) is 3.22. The van der Waals surface area contributed by atoms with Crippen molar-refractivity contribution in [3.63, 3.8) is 0 Å². The van der Waals surface area contributed by atoms with E-state index in [1.54, 1.807) is 18.2 Å². The molecule has 0 aliphatic heterocycles. The van der Waals surface area contributed by atoms with Crippen LogP contribution in [0.25, 0.3) is 0 Å². The number of halogens is 3. The SMILES string of the molecule is Oc1ccccc1Cc1nc(CC(F)(F)F)no1. The van der Waals surface area contributed by atoms with E-state index in [9.17, 15) is 18.3 Å². The molecule has 2 aromatic rings. The van der Waals surface area contributed by atoms with Crippen molar-refractivity contribution < 1.29 is 22.8 Å². The molecule has 0 bridgehead atoms. The number of hydrogen-bond acceptors (Lipinski definition) is 4. The summed E-state index contributed by atoms with van der Waals surface area (Å²) in [6, 6.07) is 6.44. The average Bonchev–Trinajstić information content (AvgIpc) is 2.66. The van der Waals surface area contributed by atoms with Crippen LogP contribution >= 0.6 is 0 Å². The Morgan fingerprint density at radius 3 is 2.61 bits per heavy atom. The number of aromatic hydroxyl groups is 1. The van der Waals surface area contributed by atoms with Gasteiger partial charge in [-0.05, 0) is 6.07 Å². The first-order chi connectivity index (χ1) is 8.44. The topological polar surface area (TPSA) is 59.2 Å². The Labute approximate surface area is 100 Å². The smallest absolute Gasteiger partial charge is 0.396 e. The molecule has 0 spiro atoms. The van der Waals surface area contributed by atoms with E-state index in [-0.39, 0.29) is 18.1 Å². The van der Waals surface area contributed by atoms with Gasteiger partial charge >= 0.3 is 6.18 Å². The summed E-state index contributed by atoms with van der Waals surface area (Å²) in [6.45, 7) is 0. The van der Waals surface area contributed by atoms with Crippen LogP contribution in [0.2, 0.25) is 0 Å². The fraction of sp³-hybridized carbons (Fsp3) is 0.273. The van der Waals surface area contributed by atoms with Crippen molar-refractivity contribution in [3.05, 3.63) is 41.5 Å². The quantitative estimate of drug-likeness (QED) is 0.918. The van der Waals surface area contributed by atoms with Gasteiger partial charge in [-0.3, -0.25) is 0 Å². The molecule has 0 aliphatic rings. The Balaban J connectivity index is 2.10. The third kappa shape index (κ3) is 3.22. The van der Waals surface area contributed by atoms with Crippen molar-refractivity contribution in [2.24, 2.45) is 0 Å². The Bertz CT molecular complexity index is 537. The Hall–Kier alpha value is -2.05. The van der Waals surface area contributed by atoms with Crippen LogP contribution in [-0.2, 0) is 12.8 Å². The molecule has 2 rings (SSSR count). The van der Waals surface area contributed by atoms with Gasteiger partial charge < -0.3 is 9.63 Å². The van der Waals surface area contributed by atoms with Gasteiger partial charge in [-0.25, -0.2) is 0 Å². The number of aromatic nitrogens is 2. The molecule has 0 unspecified atom stereocenters. The highest BCUT2D eigenvalue weighted by Gasteiger charge is 2.30. The zero-order valence-electron chi connectivity index (χ0n) is 9.11. The fourth-order valence-corrected chi connectivity index (χ4v) is 1.44. The van der Waals surface area contributed by atoms with Crippen molar-refractivity contribution in [1.29, 1.82) is 0 Å². The van der Waals surface area contributed by atoms with E-state index in [2.05, 4.69) is 10.1 Å². The lowest BCUT2D eigenvalue weighted by Gasteiger charge is -2.00. The van der Waals surface area contributed by atoms with Crippen LogP contribution < -0.4 is 0 Å². The number of phenolic OH excluding ortho intramolecular Hbond substituents is 1. The van der Waals surface area contributed by atoms with Crippen LogP contribution in [0.4, 0.5) is 13.2 Å². The standard InChI is InChI=1S/C11H9F3N2O2/c12-11(13,14)6-9-15-10(18-16-9)5-7-3-1-2-4-8(7)17/h1-4,17H,5-6H2. The van der Waals surface area contributed by atoms with Gasteiger partial charge in [-0.15, -0.1) is 0 Å². The minimum Gasteiger partial charge on any atom is -0.508 e. The molecule has 0 atom stereocenters. The van der Waals surface area contributed by atoms with Crippen molar-refractivity contribution in [2.75, 3.05) is 0 Å². The highest BCUT2D eigenvalue weighted by molar-refractivity contribution is 5.33. The largest absolute Gasteiger partial charge is 0.508 e. The maximum absolute atomic E-state index is 12.1. The first-order valence-electron chi connectivity index (χ1n) is 5.09. The molecule has 0 fully saturated rings. The minimum absolute atomic E-state index is 0.0353. The summed E-state index contributed by atoms with van der Waals surface area (Å²) in [7, 11) is 0. The van der Waals surface area contributed by atoms with Crippen molar-refractivity contribution in [2.45, 2.75) is 19.0 Å². The van der Waals surface area contributed by atoms with Gasteiger partial charge in [0.15, 0.2) is 5.82 Å². The second kappa shape index (κ2) is 4.67. The van der Waals surface area contributed by atoms with Crippen LogP contribution in [0.3, 0.4) is 0 Å². The van der Waals surface area contributed by atoms with Crippen LogP contribution in [0.1, 0.15) is 17.3 Å². The molecule has 0 aliphatic carbocycles. The summed E-state index contributed by atoms with van der Waals surface area (Å²) in [5.41, 5.74) is 0.514. The monoisotopic (exact) mass is 258 g/mol. The molecule has 96 valence electrons. The number of nitrogens with zero attached hydrogens (tertiary/aromatic N) is 2. The molecular formula is C11H9F3N2O2. The molecule has 7 heteroatoms. The van der Waals surface area contributed by atoms with E-state index >= 15 is 0 Å². The van der Waals surface area contributed by atoms with Crippen LogP contribution in [0.15, 0.2) is 28.8 Å². The highest BCUT2D eigenvalue weighted by Crippen LogP contribution is 2.21. The number of rotatable bonds is 3. The van der Waals surface area contributed by atoms with E-state index in [0.29, 0.717) is 5.56 Å². The van der Waals surface area contributed by atoms with Crippen molar-refractivity contribution in [3.8, 4) is 5.75 Å². The molecule has 18 heavy (non-hydrogen) atoms. The van der Waals surface area contributed by atoms with Gasteiger partial charge in [0.25, 0.3) is 0 Å². The van der Waals surface area contributed by atoms with Crippen LogP contribution in [-0.4, -0.2) is 21.4 Å². The fourth-order valence-electron chi connectivity index (χ4n) is 1.44. The number of hydrogen-bond donors (Lipinski definition) is 1. The second-order valence-corrected chi connectivity index (χ2v) is 3.70. The average molecular weight is 258 g/mol. The number of benzene rings is 1. The predicted molar refractivity (Wildman–Crippen MR) is 55.0 cm³/mol. The van der Waals surface area contributed by atoms with Gasteiger partial charge in [0.2, 0.25) is 5.89 Å². The third-order valence-corrected chi connectivity index (χ3v) is 2.20. The molecule has 1 aromatic carbocycles. The zero-order valence-corrected chi connectivity index (χ0v) is 9.11. The van der Waals surface area contributed by atoms with E-state index < -0.39 is 18.4 Å². The van der Waals surface area contributed by atoms with Gasteiger partial charge in [0, 0.05) is 5.56 Å². The Morgan fingerprint density at radius 1 is 1.22 bits per heavy atom. The lowest BCUT2D eigenvalue weighted by atomic mass is 10.1. The molecule has 0 radical (unpaired) electrons. The van der Waals surface area contributed by atoms with E-state index in [4.69, 9.17) is 4.52 Å². The van der Waals surface area contributed by atoms with E-state index in [0.717, 1.165) is 0 Å². The summed E-state index contributed by atoms with van der Waals surface area (Å²) < 4.78 is 40.9. The molecule has 1 N–H and O–H groups in total. The van der Waals surface area contributed by atoms with Crippen molar-refractivity contribution >= 4 is 0 Å². The molecule has 0 saturated carbocycles. The van der Waals surface area contributed by atoms with Crippen LogP contribution in [0.5, 0.6) is 5.75 Å². The number of alkyl halides is 3. The summed E-state index contributed by atoms with van der Waals surface area (Å²) in [4.78, 5) is 3.62. The normalized spacial score (nSPS) is 11.7. The Morgan fingerprint density at radius 2 is 1.94 bits per heavy atom. The maximum atomic E-state index is 12.1. The van der Waals surface area contributed by atoms with Gasteiger partial charge in [0.1, 0.15) is 12.2 Å².